The molecule has 0 aliphatic carbocycles. The molecule has 96 valence electrons. The second kappa shape index (κ2) is 7.26. The van der Waals surface area contributed by atoms with E-state index < -0.39 is 17.8 Å². The van der Waals surface area contributed by atoms with Crippen molar-refractivity contribution in [2.75, 3.05) is 20.2 Å². The first-order valence-corrected chi connectivity index (χ1v) is 5.27. The van der Waals surface area contributed by atoms with Crippen molar-refractivity contribution in [1.82, 2.24) is 5.32 Å². The number of azide groups is 1. The van der Waals surface area contributed by atoms with Crippen molar-refractivity contribution in [3.63, 3.8) is 0 Å². The summed E-state index contributed by atoms with van der Waals surface area (Å²) in [6, 6.07) is 5.01. The number of rotatable bonds is 6. The van der Waals surface area contributed by atoms with Crippen LogP contribution in [-0.4, -0.2) is 26.2 Å². The van der Waals surface area contributed by atoms with Crippen LogP contribution in [0, 0.1) is 5.82 Å². The Bertz CT molecular complexity index is 460. The van der Waals surface area contributed by atoms with Crippen LogP contribution in [0.1, 0.15) is 11.6 Å². The Morgan fingerprint density at radius 2 is 2.33 bits per heavy atom. The second-order valence-electron chi connectivity index (χ2n) is 3.39. The number of carbonyl (C=O) groups excluding carboxylic acids is 1. The van der Waals surface area contributed by atoms with E-state index in [4.69, 9.17) is 5.53 Å². The highest BCUT2D eigenvalue weighted by Gasteiger charge is 2.23. The molecule has 0 amide bonds. The summed E-state index contributed by atoms with van der Waals surface area (Å²) in [5, 5.41) is 6.10. The van der Waals surface area contributed by atoms with E-state index in [1.807, 2.05) is 0 Å². The molecule has 1 atom stereocenters. The predicted octanol–water partition coefficient (Wildman–Crippen LogP) is 1.94. The van der Waals surface area contributed by atoms with Gasteiger partial charge in [-0.2, -0.15) is 0 Å². The molecule has 0 aliphatic rings. The van der Waals surface area contributed by atoms with Crippen LogP contribution in [0.2, 0.25) is 0 Å². The average molecular weight is 252 g/mol. The van der Waals surface area contributed by atoms with Crippen LogP contribution in [0.4, 0.5) is 4.39 Å². The van der Waals surface area contributed by atoms with Crippen LogP contribution < -0.4 is 5.32 Å². The molecular formula is C11H13FN4O2. The fourth-order valence-electron chi connectivity index (χ4n) is 1.45. The highest BCUT2D eigenvalue weighted by atomic mass is 19.1. The van der Waals surface area contributed by atoms with Gasteiger partial charge in [-0.3, -0.25) is 0 Å². The average Bonchev–Trinajstić information content (AvgIpc) is 2.39. The van der Waals surface area contributed by atoms with Crippen molar-refractivity contribution in [2.24, 2.45) is 5.11 Å². The van der Waals surface area contributed by atoms with Crippen LogP contribution in [0.15, 0.2) is 29.4 Å². The van der Waals surface area contributed by atoms with Gasteiger partial charge in [-0.25, -0.2) is 9.18 Å². The van der Waals surface area contributed by atoms with Gasteiger partial charge >= 0.3 is 5.97 Å². The van der Waals surface area contributed by atoms with Gasteiger partial charge in [0.25, 0.3) is 0 Å². The van der Waals surface area contributed by atoms with Crippen molar-refractivity contribution in [1.29, 1.82) is 0 Å². The normalized spacial score (nSPS) is 11.4. The minimum Gasteiger partial charge on any atom is -0.468 e. The van der Waals surface area contributed by atoms with Crippen molar-refractivity contribution >= 4 is 5.97 Å². The maximum atomic E-state index is 13.6. The smallest absolute Gasteiger partial charge is 0.327 e. The largest absolute Gasteiger partial charge is 0.468 e. The molecule has 0 saturated carbocycles. The lowest BCUT2D eigenvalue weighted by atomic mass is 10.1. The molecule has 1 aromatic carbocycles. The van der Waals surface area contributed by atoms with E-state index in [0.717, 1.165) is 0 Å². The maximum absolute atomic E-state index is 13.6. The lowest BCUT2D eigenvalue weighted by Crippen LogP contribution is -2.32. The number of hydrogen-bond acceptors (Lipinski definition) is 4. The molecule has 0 radical (unpaired) electrons. The number of carbonyl (C=O) groups is 1. The zero-order chi connectivity index (χ0) is 13.4. The lowest BCUT2D eigenvalue weighted by molar-refractivity contribution is -0.143. The Balaban J connectivity index is 2.82. The first-order valence-electron chi connectivity index (χ1n) is 5.27. The number of ether oxygens (including phenoxy) is 1. The summed E-state index contributed by atoms with van der Waals surface area (Å²) in [5.74, 6) is -1.09. The van der Waals surface area contributed by atoms with Crippen molar-refractivity contribution < 1.29 is 13.9 Å². The number of esters is 1. The van der Waals surface area contributed by atoms with Crippen LogP contribution in [0.3, 0.4) is 0 Å². The topological polar surface area (TPSA) is 87.1 Å². The molecule has 0 spiro atoms. The third-order valence-corrected chi connectivity index (χ3v) is 2.28. The zero-order valence-corrected chi connectivity index (χ0v) is 9.84. The third-order valence-electron chi connectivity index (χ3n) is 2.28. The molecule has 7 heteroatoms. The Morgan fingerprint density at radius 1 is 1.61 bits per heavy atom. The van der Waals surface area contributed by atoms with Crippen LogP contribution in [0.25, 0.3) is 10.4 Å². The van der Waals surface area contributed by atoms with Gasteiger partial charge in [0.15, 0.2) is 0 Å². The fraction of sp³-hybridized carbons (Fsp3) is 0.364. The number of nitrogens with one attached hydrogen (secondary N) is 1. The number of halogens is 1. The summed E-state index contributed by atoms with van der Waals surface area (Å²) in [4.78, 5) is 14.2. The van der Waals surface area contributed by atoms with E-state index in [2.05, 4.69) is 20.1 Å². The van der Waals surface area contributed by atoms with E-state index in [1.54, 1.807) is 6.07 Å². The van der Waals surface area contributed by atoms with Gasteiger partial charge in [-0.15, -0.1) is 0 Å². The summed E-state index contributed by atoms with van der Waals surface area (Å²) in [7, 11) is 1.23. The lowest BCUT2D eigenvalue weighted by Gasteiger charge is -2.16. The number of nitrogens with zero attached hydrogens (tertiary/aromatic N) is 3. The van der Waals surface area contributed by atoms with Gasteiger partial charge in [-0.1, -0.05) is 23.3 Å². The van der Waals surface area contributed by atoms with Gasteiger partial charge in [0.1, 0.15) is 11.9 Å². The highest BCUT2D eigenvalue weighted by Crippen LogP contribution is 2.17. The summed E-state index contributed by atoms with van der Waals surface area (Å²) < 4.78 is 18.2. The molecule has 1 rings (SSSR count). The Kier molecular flexibility index (Phi) is 5.63. The van der Waals surface area contributed by atoms with Crippen LogP contribution >= 0.6 is 0 Å². The van der Waals surface area contributed by atoms with Crippen molar-refractivity contribution in [3.05, 3.63) is 46.1 Å². The highest BCUT2D eigenvalue weighted by molar-refractivity contribution is 5.77. The molecule has 0 saturated heterocycles. The third kappa shape index (κ3) is 3.73. The van der Waals surface area contributed by atoms with Crippen LogP contribution in [0.5, 0.6) is 0 Å². The summed E-state index contributed by atoms with van der Waals surface area (Å²) in [5.41, 5.74) is 8.33. The van der Waals surface area contributed by atoms with Gasteiger partial charge in [0.05, 0.1) is 7.11 Å². The molecule has 0 bridgehead atoms. The number of benzene rings is 1. The number of hydrogen-bond donors (Lipinski definition) is 1. The van der Waals surface area contributed by atoms with E-state index in [0.29, 0.717) is 0 Å². The standard InChI is InChI=1S/C11H13FN4O2/c1-18-11(17)10(14-6-7-15-16-13)8-4-2-3-5-9(8)12/h2-5,10,14H,6-7H2,1H3. The van der Waals surface area contributed by atoms with E-state index in [1.165, 1.54) is 25.3 Å². The van der Waals surface area contributed by atoms with E-state index in [9.17, 15) is 9.18 Å². The molecule has 1 aromatic rings. The zero-order valence-electron chi connectivity index (χ0n) is 9.84. The molecule has 0 heterocycles. The Labute approximate surface area is 103 Å². The van der Waals surface area contributed by atoms with Crippen molar-refractivity contribution in [3.8, 4) is 0 Å². The molecule has 0 aliphatic heterocycles. The predicted molar refractivity (Wildman–Crippen MR) is 63.2 cm³/mol. The molecule has 0 fully saturated rings. The van der Waals surface area contributed by atoms with Gasteiger partial charge in [0, 0.05) is 23.6 Å². The molecule has 6 nitrogen and oxygen atoms in total. The first kappa shape index (κ1) is 14.0. The minimum atomic E-state index is -0.912. The van der Waals surface area contributed by atoms with Gasteiger partial charge < -0.3 is 10.1 Å². The van der Waals surface area contributed by atoms with Gasteiger partial charge in [0.2, 0.25) is 0 Å². The Hall–Kier alpha value is -2.11. The number of methoxy groups -OCH3 is 1. The van der Waals surface area contributed by atoms with Gasteiger partial charge in [-0.05, 0) is 11.6 Å². The summed E-state index contributed by atoms with van der Waals surface area (Å²) in [6.07, 6.45) is 0. The van der Waals surface area contributed by atoms with E-state index in [-0.39, 0.29) is 18.7 Å². The first-order chi connectivity index (χ1) is 8.70. The van der Waals surface area contributed by atoms with E-state index >= 15 is 0 Å². The monoisotopic (exact) mass is 252 g/mol. The molecule has 0 aromatic heterocycles. The molecule has 1 N–H and O–H groups in total. The van der Waals surface area contributed by atoms with Crippen molar-refractivity contribution in [2.45, 2.75) is 6.04 Å². The molecule has 18 heavy (non-hydrogen) atoms. The molecule has 1 unspecified atom stereocenters. The Morgan fingerprint density at radius 3 is 2.94 bits per heavy atom. The van der Waals surface area contributed by atoms with Crippen LogP contribution in [-0.2, 0) is 9.53 Å². The fourth-order valence-corrected chi connectivity index (χ4v) is 1.45. The minimum absolute atomic E-state index is 0.165. The summed E-state index contributed by atoms with van der Waals surface area (Å²) >= 11 is 0. The quantitative estimate of drug-likeness (QED) is 0.276. The second-order valence-corrected chi connectivity index (χ2v) is 3.39. The SMILES string of the molecule is COC(=O)C(NCCN=[N+]=[N-])c1ccccc1F. The summed E-state index contributed by atoms with van der Waals surface area (Å²) in [6.45, 7) is 0.413. The maximum Gasteiger partial charge on any atom is 0.327 e. The molecular weight excluding hydrogens is 239 g/mol.